The number of benzene rings is 3. The van der Waals surface area contributed by atoms with Gasteiger partial charge in [-0.05, 0) is 73.5 Å². The first-order valence-electron chi connectivity index (χ1n) is 12.7. The van der Waals surface area contributed by atoms with Gasteiger partial charge in [0, 0.05) is 42.9 Å². The lowest BCUT2D eigenvalue weighted by molar-refractivity contribution is -2.00. The van der Waals surface area contributed by atoms with Gasteiger partial charge in [-0.25, -0.2) is 23.6 Å². The molecule has 0 aliphatic carbocycles. The highest BCUT2D eigenvalue weighted by molar-refractivity contribution is 6.05. The van der Waals surface area contributed by atoms with Gasteiger partial charge in [0.1, 0.15) is 7.05 Å². The van der Waals surface area contributed by atoms with E-state index in [1.165, 1.54) is 33.8 Å². The fourth-order valence-corrected chi connectivity index (χ4v) is 4.87. The van der Waals surface area contributed by atoms with Crippen LogP contribution in [0, 0.1) is 10.2 Å². The minimum Gasteiger partial charge on any atom is -0.378 e. The molecule has 5 rings (SSSR count). The van der Waals surface area contributed by atoms with E-state index in [4.69, 9.17) is 23.6 Å². The van der Waals surface area contributed by atoms with E-state index in [-0.39, 0.29) is 5.41 Å². The van der Waals surface area contributed by atoms with Crippen molar-refractivity contribution < 1.29 is 33.5 Å². The molecule has 0 bridgehead atoms. The average molecular weight is 558 g/mol. The van der Waals surface area contributed by atoms with E-state index in [1.54, 1.807) is 0 Å². The van der Waals surface area contributed by atoms with Crippen molar-refractivity contribution in [1.29, 1.82) is 0 Å². The molecule has 0 unspecified atom stereocenters. The number of hydrogen-bond donors (Lipinski definition) is 0. The summed E-state index contributed by atoms with van der Waals surface area (Å²) in [7, 11) is 1.35. The molecule has 0 saturated carbocycles. The van der Waals surface area contributed by atoms with Crippen LogP contribution in [0.4, 0.5) is 11.4 Å². The van der Waals surface area contributed by atoms with Gasteiger partial charge < -0.3 is 4.90 Å². The number of nitrogens with zero attached hydrogens (tertiary/aromatic N) is 3. The second-order valence-electron chi connectivity index (χ2n) is 10.3. The molecule has 7 nitrogen and oxygen atoms in total. The van der Waals surface area contributed by atoms with Gasteiger partial charge in [-0.2, -0.15) is 4.58 Å². The first-order valence-corrected chi connectivity index (χ1v) is 13.9. The number of pyridine rings is 1. The highest BCUT2D eigenvalue weighted by Crippen LogP contribution is 2.40. The largest absolute Gasteiger partial charge is 0.378 e. The van der Waals surface area contributed by atoms with Gasteiger partial charge >= 0.3 is 0 Å². The number of fused-ring (bicyclic) bond motifs is 2. The summed E-state index contributed by atoms with van der Waals surface area (Å²) in [6.07, 6.45) is 8.74. The number of anilines is 1. The number of rotatable bonds is 5. The smallest absolute Gasteiger partial charge is 0.209 e. The standard InChI is InChI=1S/C32H32N3.ClHO4/c1-32(2)28-22-24(10-16-26-17-15-25-8-6-7-9-29(25)33-26)13-20-30(28)35(5)31(32)21-14-23-11-18-27(19-12-23)34(3)4;2-1(3,4)5/h6-22H,1-5H3;(H,2,3,4,5)/q+1;/p-1/b16-10+;. The van der Waals surface area contributed by atoms with E-state index in [2.05, 4.69) is 136 Å². The Balaban J connectivity index is 0.000000681. The van der Waals surface area contributed by atoms with Crippen LogP contribution in [0.2, 0.25) is 0 Å². The van der Waals surface area contributed by atoms with E-state index in [0.29, 0.717) is 0 Å². The summed E-state index contributed by atoms with van der Waals surface area (Å²) in [6, 6.07) is 27.8. The SMILES string of the molecule is CN(C)c1ccc(/C=C/C2=[N+](C)c3ccc(/C=C/c4ccc5ccccc5n4)cc3C2(C)C)cc1.[O-][Cl+3]([O-])([O-])[O-]. The second kappa shape index (κ2) is 11.7. The van der Waals surface area contributed by atoms with Gasteiger partial charge in [0.05, 0.1) is 16.6 Å². The molecule has 1 aliphatic heterocycles. The number of allylic oxidation sites excluding steroid dienone is 1. The van der Waals surface area contributed by atoms with Crippen molar-refractivity contribution in [1.82, 2.24) is 4.98 Å². The maximum Gasteiger partial charge on any atom is 0.209 e. The van der Waals surface area contributed by atoms with Crippen LogP contribution in [-0.4, -0.2) is 36.4 Å². The Kier molecular flexibility index (Phi) is 8.54. The lowest BCUT2D eigenvalue weighted by Gasteiger charge is -2.17. The predicted molar refractivity (Wildman–Crippen MR) is 151 cm³/mol. The van der Waals surface area contributed by atoms with Crippen molar-refractivity contribution in [3.63, 3.8) is 0 Å². The molecule has 0 N–H and O–H groups in total. The molecule has 1 aromatic heterocycles. The Bertz CT molecular complexity index is 1600. The van der Waals surface area contributed by atoms with Crippen LogP contribution in [0.25, 0.3) is 29.1 Å². The zero-order valence-corrected chi connectivity index (χ0v) is 23.9. The quantitative estimate of drug-likeness (QED) is 0.348. The average Bonchev–Trinajstić information content (AvgIpc) is 3.09. The molecule has 8 heteroatoms. The summed E-state index contributed by atoms with van der Waals surface area (Å²) in [5.41, 5.74) is 9.40. The molecule has 0 atom stereocenters. The van der Waals surface area contributed by atoms with Crippen LogP contribution < -0.4 is 23.5 Å². The number of halogens is 1. The van der Waals surface area contributed by atoms with Crippen molar-refractivity contribution in [2.75, 3.05) is 26.0 Å². The topological polar surface area (TPSA) is 111 Å². The first kappa shape index (κ1) is 29.1. The molecule has 2 heterocycles. The summed E-state index contributed by atoms with van der Waals surface area (Å²) < 4.78 is 36.3. The van der Waals surface area contributed by atoms with E-state index in [0.717, 1.165) is 16.6 Å². The van der Waals surface area contributed by atoms with Gasteiger partial charge in [-0.1, -0.05) is 42.5 Å². The Hall–Kier alpha value is -3.85. The second-order valence-corrected chi connectivity index (χ2v) is 11.1. The van der Waals surface area contributed by atoms with Gasteiger partial charge in [-0.15, -0.1) is 10.2 Å². The highest BCUT2D eigenvalue weighted by Gasteiger charge is 2.42. The van der Waals surface area contributed by atoms with Crippen LogP contribution in [0.15, 0.2) is 84.9 Å². The van der Waals surface area contributed by atoms with Gasteiger partial charge in [-0.3, -0.25) is 0 Å². The van der Waals surface area contributed by atoms with Crippen molar-refractivity contribution in [3.8, 4) is 0 Å². The van der Waals surface area contributed by atoms with E-state index in [1.807, 2.05) is 12.1 Å². The Morgan fingerprint density at radius 1 is 0.775 bits per heavy atom. The lowest BCUT2D eigenvalue weighted by Crippen LogP contribution is -2.68. The fourth-order valence-electron chi connectivity index (χ4n) is 4.87. The van der Waals surface area contributed by atoms with E-state index in [9.17, 15) is 0 Å². The molecular weight excluding hydrogens is 526 g/mol. The molecule has 0 fully saturated rings. The Morgan fingerprint density at radius 2 is 1.40 bits per heavy atom. The number of para-hydroxylation sites is 1. The highest BCUT2D eigenvalue weighted by atomic mass is 35.7. The lowest BCUT2D eigenvalue weighted by atomic mass is 9.80. The molecule has 206 valence electrons. The predicted octanol–water partition coefficient (Wildman–Crippen LogP) is 2.43. The summed E-state index contributed by atoms with van der Waals surface area (Å²) in [6.45, 7) is 4.62. The molecule has 40 heavy (non-hydrogen) atoms. The fraction of sp³-hybridized carbons (Fsp3) is 0.188. The summed E-state index contributed by atoms with van der Waals surface area (Å²) in [4.78, 5) is 6.89. The monoisotopic (exact) mass is 557 g/mol. The Labute approximate surface area is 237 Å². The molecule has 3 aromatic carbocycles. The van der Waals surface area contributed by atoms with Crippen LogP contribution >= 0.6 is 0 Å². The molecule has 4 aromatic rings. The zero-order valence-electron chi connectivity index (χ0n) is 23.2. The summed E-state index contributed by atoms with van der Waals surface area (Å²) in [5.74, 6) is 0. The van der Waals surface area contributed by atoms with Crippen molar-refractivity contribution in [2.24, 2.45) is 0 Å². The molecule has 0 spiro atoms. The van der Waals surface area contributed by atoms with E-state index < -0.39 is 10.2 Å². The molecule has 0 saturated heterocycles. The minimum absolute atomic E-state index is 0.0881. The number of hydrogen-bond acceptors (Lipinski definition) is 6. The van der Waals surface area contributed by atoms with Crippen molar-refractivity contribution >= 4 is 46.2 Å². The third-order valence-electron chi connectivity index (χ3n) is 6.97. The maximum atomic E-state index is 8.49. The van der Waals surface area contributed by atoms with Crippen LogP contribution in [-0.2, 0) is 5.41 Å². The van der Waals surface area contributed by atoms with E-state index >= 15 is 0 Å². The summed E-state index contributed by atoms with van der Waals surface area (Å²) in [5, 5.41) is 1.16. The normalized spacial score (nSPS) is 14.5. The molecule has 0 amide bonds. The third kappa shape index (κ3) is 7.01. The third-order valence-corrected chi connectivity index (χ3v) is 6.97. The van der Waals surface area contributed by atoms with Crippen LogP contribution in [0.5, 0.6) is 0 Å². The number of aromatic nitrogens is 1. The molecular formula is C32H32ClN3O4. The summed E-state index contributed by atoms with van der Waals surface area (Å²) >= 11 is 0. The van der Waals surface area contributed by atoms with Crippen LogP contribution in [0.1, 0.15) is 36.2 Å². The van der Waals surface area contributed by atoms with Crippen LogP contribution in [0.3, 0.4) is 0 Å². The van der Waals surface area contributed by atoms with Gasteiger partial charge in [0.25, 0.3) is 0 Å². The maximum absolute atomic E-state index is 8.49. The first-order chi connectivity index (χ1) is 18.8. The van der Waals surface area contributed by atoms with Crippen molar-refractivity contribution in [3.05, 3.63) is 107 Å². The van der Waals surface area contributed by atoms with Gasteiger partial charge in [0.2, 0.25) is 5.69 Å². The minimum atomic E-state index is -4.94. The van der Waals surface area contributed by atoms with Crippen molar-refractivity contribution in [2.45, 2.75) is 19.3 Å². The molecule has 0 radical (unpaired) electrons. The zero-order chi connectivity index (χ0) is 29.1. The molecule has 1 aliphatic rings. The van der Waals surface area contributed by atoms with Gasteiger partial charge in [0.15, 0.2) is 5.71 Å². The Morgan fingerprint density at radius 3 is 2.08 bits per heavy atom.